The topological polar surface area (TPSA) is 78.2 Å². The lowest BCUT2D eigenvalue weighted by molar-refractivity contribution is -0.134. The van der Waals surface area contributed by atoms with Crippen molar-refractivity contribution in [3.05, 3.63) is 63.0 Å². The molecular weight excluding hydrogens is 434 g/mol. The van der Waals surface area contributed by atoms with Crippen molar-refractivity contribution >= 4 is 16.9 Å². The van der Waals surface area contributed by atoms with Crippen molar-refractivity contribution < 1.29 is 23.4 Å². The van der Waals surface area contributed by atoms with Gasteiger partial charge in [-0.15, -0.1) is 0 Å². The summed E-state index contributed by atoms with van der Waals surface area (Å²) < 4.78 is 22.3. The van der Waals surface area contributed by atoms with E-state index < -0.39 is 0 Å². The molecule has 1 amide bonds. The van der Waals surface area contributed by atoms with E-state index in [0.29, 0.717) is 35.9 Å². The first-order valence-electron chi connectivity index (χ1n) is 11.6. The molecule has 1 aliphatic rings. The molecule has 0 atom stereocenters. The van der Waals surface area contributed by atoms with Crippen LogP contribution in [0.3, 0.4) is 0 Å². The molecule has 7 heteroatoms. The fourth-order valence-corrected chi connectivity index (χ4v) is 4.48. The second-order valence-corrected chi connectivity index (χ2v) is 8.66. The summed E-state index contributed by atoms with van der Waals surface area (Å²) in [5.74, 6) is 1.82. The van der Waals surface area contributed by atoms with Crippen molar-refractivity contribution in [3.63, 3.8) is 0 Å². The first kappa shape index (κ1) is 23.7. The summed E-state index contributed by atoms with van der Waals surface area (Å²) in [6.07, 6.45) is 3.45. The minimum atomic E-state index is -0.370. The second-order valence-electron chi connectivity index (χ2n) is 8.66. The summed E-state index contributed by atoms with van der Waals surface area (Å²) in [6, 6.07) is 9.19. The summed E-state index contributed by atoms with van der Waals surface area (Å²) in [4.78, 5) is 26.9. The zero-order chi connectivity index (χ0) is 24.2. The molecule has 0 N–H and O–H groups in total. The van der Waals surface area contributed by atoms with Crippen LogP contribution in [0.25, 0.3) is 11.0 Å². The summed E-state index contributed by atoms with van der Waals surface area (Å²) in [5, 5.41) is 0.771. The minimum Gasteiger partial charge on any atom is -0.493 e. The van der Waals surface area contributed by atoms with Gasteiger partial charge in [0.1, 0.15) is 11.3 Å². The highest BCUT2D eigenvalue weighted by molar-refractivity contribution is 5.88. The maximum absolute atomic E-state index is 13.1. The quantitative estimate of drug-likeness (QED) is 0.458. The Morgan fingerprint density at radius 2 is 1.76 bits per heavy atom. The van der Waals surface area contributed by atoms with Gasteiger partial charge in [-0.05, 0) is 72.7 Å². The maximum atomic E-state index is 13.1. The molecule has 2 heterocycles. The van der Waals surface area contributed by atoms with Gasteiger partial charge in [-0.25, -0.2) is 4.79 Å². The fraction of sp³-hybridized carbons (Fsp3) is 0.407. The van der Waals surface area contributed by atoms with E-state index in [1.54, 1.807) is 19.1 Å². The van der Waals surface area contributed by atoms with Crippen LogP contribution in [0.1, 0.15) is 42.0 Å². The van der Waals surface area contributed by atoms with Crippen molar-refractivity contribution in [2.45, 2.75) is 46.1 Å². The summed E-state index contributed by atoms with van der Waals surface area (Å²) in [6.45, 7) is 5.03. The number of carbonyl (C=O) groups excluding carboxylic acids is 1. The Balaban J connectivity index is 1.54. The highest BCUT2D eigenvalue weighted by Gasteiger charge is 2.24. The van der Waals surface area contributed by atoms with Gasteiger partial charge >= 0.3 is 5.63 Å². The molecule has 0 bridgehead atoms. The Hall–Kier alpha value is -3.48. The largest absolute Gasteiger partial charge is 0.493 e. The van der Waals surface area contributed by atoms with Crippen LogP contribution in [0, 0.1) is 6.92 Å². The van der Waals surface area contributed by atoms with Crippen LogP contribution in [0.2, 0.25) is 0 Å². The molecule has 0 saturated heterocycles. The number of benzene rings is 2. The lowest BCUT2D eigenvalue weighted by Crippen LogP contribution is -2.38. The number of nitrogens with zero attached hydrogens (tertiary/aromatic N) is 1. The van der Waals surface area contributed by atoms with Crippen molar-refractivity contribution in [2.75, 3.05) is 27.4 Å². The molecule has 3 aromatic rings. The van der Waals surface area contributed by atoms with Gasteiger partial charge in [0, 0.05) is 19.2 Å². The van der Waals surface area contributed by atoms with Crippen LogP contribution < -0.4 is 19.8 Å². The molecule has 0 unspecified atom stereocenters. The third-order valence-corrected chi connectivity index (χ3v) is 6.26. The SMILES string of the molecule is CCCCc1cc(=O)oc2cc(C)cc(OCC(=O)N3CCc4cc(OC)c(OC)cc4C3)c12. The zero-order valence-electron chi connectivity index (χ0n) is 20.2. The Morgan fingerprint density at radius 1 is 1.03 bits per heavy atom. The predicted molar refractivity (Wildman–Crippen MR) is 130 cm³/mol. The molecule has 7 nitrogen and oxygen atoms in total. The molecule has 0 radical (unpaired) electrons. The standard InChI is InChI=1S/C27H31NO6/c1-5-6-7-19-14-26(30)34-24-11-17(2)10-23(27(19)24)33-16-25(29)28-9-8-18-12-21(31-3)22(32-4)13-20(18)15-28/h10-14H,5-9,15-16H2,1-4H3. The number of aryl methyl sites for hydroxylation is 2. The van der Waals surface area contributed by atoms with Crippen molar-refractivity contribution in [2.24, 2.45) is 0 Å². The number of methoxy groups -OCH3 is 2. The number of fused-ring (bicyclic) bond motifs is 2. The number of rotatable bonds is 8. The highest BCUT2D eigenvalue weighted by atomic mass is 16.5. The number of hydrogen-bond donors (Lipinski definition) is 0. The average Bonchev–Trinajstić information content (AvgIpc) is 2.83. The predicted octanol–water partition coefficient (Wildman–Crippen LogP) is 4.42. The van der Waals surface area contributed by atoms with E-state index in [1.807, 2.05) is 31.2 Å². The smallest absolute Gasteiger partial charge is 0.336 e. The first-order valence-corrected chi connectivity index (χ1v) is 11.6. The average molecular weight is 466 g/mol. The lowest BCUT2D eigenvalue weighted by atomic mass is 9.99. The van der Waals surface area contributed by atoms with Crippen LogP contribution >= 0.6 is 0 Å². The van der Waals surface area contributed by atoms with E-state index in [2.05, 4.69) is 6.92 Å². The monoisotopic (exact) mass is 465 g/mol. The molecule has 180 valence electrons. The van der Waals surface area contributed by atoms with Crippen LogP contribution in [-0.4, -0.2) is 38.2 Å². The van der Waals surface area contributed by atoms with Crippen LogP contribution in [0.15, 0.2) is 39.5 Å². The molecule has 0 aliphatic carbocycles. The number of ether oxygens (including phenoxy) is 3. The van der Waals surface area contributed by atoms with Gasteiger partial charge in [0.25, 0.3) is 5.91 Å². The Morgan fingerprint density at radius 3 is 2.47 bits per heavy atom. The molecule has 1 aliphatic heterocycles. The lowest BCUT2D eigenvalue weighted by Gasteiger charge is -2.29. The van der Waals surface area contributed by atoms with Crippen molar-refractivity contribution in [1.29, 1.82) is 0 Å². The van der Waals surface area contributed by atoms with Gasteiger partial charge in [-0.2, -0.15) is 0 Å². The Kier molecular flexibility index (Phi) is 7.10. The summed E-state index contributed by atoms with van der Waals surface area (Å²) in [5.41, 5.74) is 4.12. The van der Waals surface area contributed by atoms with Crippen LogP contribution in [0.4, 0.5) is 0 Å². The van der Waals surface area contributed by atoms with Gasteiger partial charge in [0.15, 0.2) is 18.1 Å². The Labute approximate surface area is 199 Å². The van der Waals surface area contributed by atoms with Gasteiger partial charge < -0.3 is 23.5 Å². The number of unbranched alkanes of at least 4 members (excludes halogenated alkanes) is 1. The summed E-state index contributed by atoms with van der Waals surface area (Å²) in [7, 11) is 3.22. The maximum Gasteiger partial charge on any atom is 0.336 e. The second kappa shape index (κ2) is 10.2. The van der Waals surface area contributed by atoms with Crippen molar-refractivity contribution in [1.82, 2.24) is 4.90 Å². The number of amides is 1. The van der Waals surface area contributed by atoms with Crippen LogP contribution in [0.5, 0.6) is 17.2 Å². The minimum absolute atomic E-state index is 0.0898. The Bertz CT molecular complexity index is 1260. The molecule has 2 aromatic carbocycles. The van der Waals surface area contributed by atoms with Gasteiger partial charge in [0.05, 0.1) is 19.6 Å². The van der Waals surface area contributed by atoms with E-state index in [0.717, 1.165) is 53.3 Å². The van der Waals surface area contributed by atoms with E-state index in [-0.39, 0.29) is 18.1 Å². The normalized spacial score (nSPS) is 13.0. The molecular formula is C27H31NO6. The van der Waals surface area contributed by atoms with Crippen LogP contribution in [-0.2, 0) is 24.2 Å². The molecule has 0 saturated carbocycles. The van der Waals surface area contributed by atoms with Gasteiger partial charge in [-0.3, -0.25) is 4.79 Å². The van der Waals surface area contributed by atoms with E-state index in [9.17, 15) is 9.59 Å². The van der Waals surface area contributed by atoms with E-state index in [4.69, 9.17) is 18.6 Å². The third-order valence-electron chi connectivity index (χ3n) is 6.26. The van der Waals surface area contributed by atoms with Crippen molar-refractivity contribution in [3.8, 4) is 17.2 Å². The van der Waals surface area contributed by atoms with Gasteiger partial charge in [0.2, 0.25) is 0 Å². The molecule has 4 rings (SSSR count). The summed E-state index contributed by atoms with van der Waals surface area (Å²) >= 11 is 0. The number of carbonyl (C=O) groups is 1. The van der Waals surface area contributed by atoms with E-state index >= 15 is 0 Å². The van der Waals surface area contributed by atoms with E-state index in [1.165, 1.54) is 6.07 Å². The molecule has 34 heavy (non-hydrogen) atoms. The highest BCUT2D eigenvalue weighted by Crippen LogP contribution is 2.34. The molecule has 0 fully saturated rings. The molecule has 1 aromatic heterocycles. The first-order chi connectivity index (χ1) is 16.4. The molecule has 0 spiro atoms. The number of hydrogen-bond acceptors (Lipinski definition) is 6. The fourth-order valence-electron chi connectivity index (χ4n) is 4.48. The van der Waals surface area contributed by atoms with Gasteiger partial charge in [-0.1, -0.05) is 13.3 Å². The zero-order valence-corrected chi connectivity index (χ0v) is 20.2. The third kappa shape index (κ3) is 4.88.